The minimum Gasteiger partial charge on any atom is -0.346 e. The van der Waals surface area contributed by atoms with Crippen LogP contribution in [0.4, 0.5) is 13.2 Å². The van der Waals surface area contributed by atoms with Gasteiger partial charge in [-0.15, -0.1) is 0 Å². The Hall–Kier alpha value is -2.42. The molecule has 0 bridgehead atoms. The Kier molecular flexibility index (Phi) is 5.26. The normalized spacial score (nSPS) is 18.2. The van der Waals surface area contributed by atoms with Crippen molar-refractivity contribution in [3.05, 3.63) is 35.7 Å². The lowest BCUT2D eigenvalue weighted by atomic mass is 10.1. The van der Waals surface area contributed by atoms with Gasteiger partial charge in [0.25, 0.3) is 0 Å². The van der Waals surface area contributed by atoms with Gasteiger partial charge in [0.15, 0.2) is 0 Å². The first-order valence-corrected chi connectivity index (χ1v) is 8.30. The van der Waals surface area contributed by atoms with E-state index in [0.717, 1.165) is 17.5 Å². The lowest BCUT2D eigenvalue weighted by Crippen LogP contribution is -2.45. The van der Waals surface area contributed by atoms with Crippen molar-refractivity contribution in [3.63, 3.8) is 0 Å². The van der Waals surface area contributed by atoms with Crippen molar-refractivity contribution in [2.24, 2.45) is 0 Å². The van der Waals surface area contributed by atoms with Gasteiger partial charge in [-0.2, -0.15) is 18.2 Å². The molecular formula is C17H19F3N4O2. The van der Waals surface area contributed by atoms with E-state index in [-0.39, 0.29) is 6.54 Å². The number of likely N-dealkylation sites (tertiary alicyclic amines) is 1. The average molecular weight is 368 g/mol. The smallest absolute Gasteiger partial charge is 0.346 e. The number of nitrogens with one attached hydrogen (secondary N) is 1. The lowest BCUT2D eigenvalue weighted by Gasteiger charge is -2.22. The first-order chi connectivity index (χ1) is 12.3. The summed E-state index contributed by atoms with van der Waals surface area (Å²) in [5.41, 5.74) is 1.88. The maximum absolute atomic E-state index is 12.3. The number of carbonyl (C=O) groups is 1. The number of aryl methyl sites for hydroxylation is 1. The zero-order valence-corrected chi connectivity index (χ0v) is 14.2. The molecule has 6 nitrogen and oxygen atoms in total. The second kappa shape index (κ2) is 7.45. The quantitative estimate of drug-likeness (QED) is 0.879. The topological polar surface area (TPSA) is 71.3 Å². The van der Waals surface area contributed by atoms with Gasteiger partial charge in [0.2, 0.25) is 17.6 Å². The fourth-order valence-electron chi connectivity index (χ4n) is 3.01. The maximum Gasteiger partial charge on any atom is 0.405 e. The molecule has 1 aromatic carbocycles. The Morgan fingerprint density at radius 1 is 1.42 bits per heavy atom. The van der Waals surface area contributed by atoms with Crippen molar-refractivity contribution in [1.29, 1.82) is 0 Å². The summed E-state index contributed by atoms with van der Waals surface area (Å²) >= 11 is 0. The van der Waals surface area contributed by atoms with Crippen molar-refractivity contribution in [3.8, 4) is 11.4 Å². The third kappa shape index (κ3) is 4.60. The summed E-state index contributed by atoms with van der Waals surface area (Å²) in [5, 5.41) is 5.89. The highest BCUT2D eigenvalue weighted by atomic mass is 19.4. The van der Waals surface area contributed by atoms with Gasteiger partial charge in [-0.25, -0.2) is 0 Å². The third-order valence-corrected chi connectivity index (χ3v) is 4.21. The van der Waals surface area contributed by atoms with Crippen LogP contribution >= 0.6 is 0 Å². The summed E-state index contributed by atoms with van der Waals surface area (Å²) < 4.78 is 42.1. The van der Waals surface area contributed by atoms with Crippen molar-refractivity contribution < 1.29 is 22.5 Å². The molecule has 0 saturated carbocycles. The Labute approximate surface area is 148 Å². The van der Waals surface area contributed by atoms with E-state index in [9.17, 15) is 18.0 Å². The molecule has 1 saturated heterocycles. The number of hydrogen-bond donors (Lipinski definition) is 1. The SMILES string of the molecule is Cc1cccc(-c2noc(CN3CCCC3C(=O)NCC(F)(F)F)n2)c1. The molecule has 2 heterocycles. The van der Waals surface area contributed by atoms with E-state index >= 15 is 0 Å². The Morgan fingerprint density at radius 2 is 2.23 bits per heavy atom. The third-order valence-electron chi connectivity index (χ3n) is 4.21. The molecule has 140 valence electrons. The van der Waals surface area contributed by atoms with Crippen molar-refractivity contribution in [1.82, 2.24) is 20.4 Å². The number of benzene rings is 1. The molecule has 1 unspecified atom stereocenters. The van der Waals surface area contributed by atoms with E-state index in [1.54, 1.807) is 4.90 Å². The summed E-state index contributed by atoms with van der Waals surface area (Å²) in [6.07, 6.45) is -3.19. The number of amides is 1. The molecule has 1 aromatic heterocycles. The van der Waals surface area contributed by atoms with E-state index in [2.05, 4.69) is 10.1 Å². The van der Waals surface area contributed by atoms with Crippen LogP contribution in [0.2, 0.25) is 0 Å². The number of rotatable bonds is 5. The van der Waals surface area contributed by atoms with Crippen LogP contribution in [-0.2, 0) is 11.3 Å². The van der Waals surface area contributed by atoms with Crippen LogP contribution in [0.1, 0.15) is 24.3 Å². The predicted molar refractivity (Wildman–Crippen MR) is 87.0 cm³/mol. The highest BCUT2D eigenvalue weighted by Gasteiger charge is 2.34. The number of halogens is 3. The largest absolute Gasteiger partial charge is 0.405 e. The summed E-state index contributed by atoms with van der Waals surface area (Å²) in [4.78, 5) is 18.1. The Bertz CT molecular complexity index is 775. The average Bonchev–Trinajstić information content (AvgIpc) is 3.22. The Morgan fingerprint density at radius 3 is 2.96 bits per heavy atom. The van der Waals surface area contributed by atoms with Gasteiger partial charge >= 0.3 is 6.18 Å². The van der Waals surface area contributed by atoms with Crippen LogP contribution in [0, 0.1) is 6.92 Å². The molecule has 2 aromatic rings. The lowest BCUT2D eigenvalue weighted by molar-refractivity contribution is -0.141. The van der Waals surface area contributed by atoms with E-state index in [0.29, 0.717) is 24.7 Å². The van der Waals surface area contributed by atoms with Crippen molar-refractivity contribution in [2.75, 3.05) is 13.1 Å². The van der Waals surface area contributed by atoms with Crippen molar-refractivity contribution >= 4 is 5.91 Å². The number of aromatic nitrogens is 2. The fraction of sp³-hybridized carbons (Fsp3) is 0.471. The van der Waals surface area contributed by atoms with Crippen LogP contribution in [0.3, 0.4) is 0 Å². The fourth-order valence-corrected chi connectivity index (χ4v) is 3.01. The van der Waals surface area contributed by atoms with Gasteiger partial charge < -0.3 is 9.84 Å². The van der Waals surface area contributed by atoms with Gasteiger partial charge in [0.05, 0.1) is 12.6 Å². The van der Waals surface area contributed by atoms with Crippen LogP contribution in [0.25, 0.3) is 11.4 Å². The molecule has 1 aliphatic rings. The Balaban J connectivity index is 1.64. The molecule has 1 aliphatic heterocycles. The first-order valence-electron chi connectivity index (χ1n) is 8.30. The molecule has 1 N–H and O–H groups in total. The minimum atomic E-state index is -4.42. The zero-order chi connectivity index (χ0) is 18.7. The summed E-state index contributed by atoms with van der Waals surface area (Å²) in [7, 11) is 0. The standard InChI is InChI=1S/C17H19F3N4O2/c1-11-4-2-5-12(8-11)15-22-14(26-23-15)9-24-7-3-6-13(24)16(25)21-10-17(18,19)20/h2,4-5,8,13H,3,6-7,9-10H2,1H3,(H,21,25). The second-order valence-electron chi connectivity index (χ2n) is 6.34. The summed E-state index contributed by atoms with van der Waals surface area (Å²) in [6, 6.07) is 7.02. The van der Waals surface area contributed by atoms with Crippen molar-refractivity contribution in [2.45, 2.75) is 38.5 Å². The predicted octanol–water partition coefficient (Wildman–Crippen LogP) is 2.69. The summed E-state index contributed by atoms with van der Waals surface area (Å²) in [6.45, 7) is 1.45. The first kappa shape index (κ1) is 18.4. The van der Waals surface area contributed by atoms with Crippen LogP contribution in [0.15, 0.2) is 28.8 Å². The minimum absolute atomic E-state index is 0.225. The van der Waals surface area contributed by atoms with Crippen LogP contribution < -0.4 is 5.32 Å². The number of hydrogen-bond acceptors (Lipinski definition) is 5. The highest BCUT2D eigenvalue weighted by molar-refractivity contribution is 5.82. The maximum atomic E-state index is 12.3. The van der Waals surface area contributed by atoms with Gasteiger partial charge in [0, 0.05) is 5.56 Å². The summed E-state index contributed by atoms with van der Waals surface area (Å²) in [5.74, 6) is 0.149. The molecule has 0 aliphatic carbocycles. The van der Waals surface area contributed by atoms with E-state index in [1.165, 1.54) is 0 Å². The highest BCUT2D eigenvalue weighted by Crippen LogP contribution is 2.22. The molecule has 1 atom stereocenters. The molecule has 9 heteroatoms. The van der Waals surface area contributed by atoms with Gasteiger partial charge in [-0.3, -0.25) is 9.69 Å². The molecule has 1 fully saturated rings. The van der Waals surface area contributed by atoms with Gasteiger partial charge in [-0.05, 0) is 32.4 Å². The van der Waals surface area contributed by atoms with Gasteiger partial charge in [0.1, 0.15) is 6.54 Å². The number of carbonyl (C=O) groups excluding carboxylic acids is 1. The molecule has 0 radical (unpaired) electrons. The van der Waals surface area contributed by atoms with Crippen LogP contribution in [-0.4, -0.2) is 46.3 Å². The number of nitrogens with zero attached hydrogens (tertiary/aromatic N) is 3. The van der Waals surface area contributed by atoms with E-state index in [1.807, 2.05) is 36.5 Å². The molecule has 26 heavy (non-hydrogen) atoms. The zero-order valence-electron chi connectivity index (χ0n) is 14.2. The number of alkyl halides is 3. The molecule has 0 spiro atoms. The molecule has 3 rings (SSSR count). The van der Waals surface area contributed by atoms with E-state index < -0.39 is 24.7 Å². The van der Waals surface area contributed by atoms with Crippen LogP contribution in [0.5, 0.6) is 0 Å². The second-order valence-corrected chi connectivity index (χ2v) is 6.34. The van der Waals surface area contributed by atoms with Gasteiger partial charge in [-0.1, -0.05) is 28.9 Å². The van der Waals surface area contributed by atoms with E-state index in [4.69, 9.17) is 4.52 Å². The monoisotopic (exact) mass is 368 g/mol. The molecule has 1 amide bonds. The molecular weight excluding hydrogens is 349 g/mol.